The molecule has 0 radical (unpaired) electrons. The molecule has 0 N–H and O–H groups in total. The van der Waals surface area contributed by atoms with Crippen LogP contribution in [0.1, 0.15) is 0 Å². The molecule has 2 aliphatic heterocycles. The van der Waals surface area contributed by atoms with E-state index in [2.05, 4.69) is 280 Å². The molecule has 16 aromatic rings. The monoisotopic (exact) mass is 1010 g/mol. The number of furan rings is 2. The molecule has 0 fully saturated rings. The first-order chi connectivity index (χ1) is 39.2. The van der Waals surface area contributed by atoms with Gasteiger partial charge < -0.3 is 27.8 Å². The molecule has 0 bridgehead atoms. The minimum atomic E-state index is -0.233. The average Bonchev–Trinajstić information content (AvgIpc) is 4.08. The highest BCUT2D eigenvalue weighted by Crippen LogP contribution is 2.52. The maximum atomic E-state index is 7.11. The van der Waals surface area contributed by atoms with Crippen LogP contribution in [0.25, 0.3) is 110 Å². The van der Waals surface area contributed by atoms with Gasteiger partial charge in [0.25, 0.3) is 6.71 Å². The Morgan fingerprint density at radius 1 is 0.278 bits per heavy atom. The van der Waals surface area contributed by atoms with Crippen molar-refractivity contribution in [1.29, 1.82) is 0 Å². The number of hydrogen-bond donors (Lipinski definition) is 0. The lowest BCUT2D eigenvalue weighted by Gasteiger charge is -2.44. The topological polar surface area (TPSA) is 42.6 Å². The number of hydrogen-bond acceptors (Lipinski definition) is 4. The Bertz CT molecular complexity index is 5190. The molecule has 0 aliphatic carbocycles. The van der Waals surface area contributed by atoms with E-state index in [1.54, 1.807) is 0 Å². The van der Waals surface area contributed by atoms with E-state index in [1.807, 2.05) is 0 Å². The van der Waals surface area contributed by atoms with E-state index in [-0.39, 0.29) is 6.71 Å². The molecule has 7 heteroatoms. The van der Waals surface area contributed by atoms with Crippen LogP contribution in [-0.2, 0) is 0 Å². The van der Waals surface area contributed by atoms with E-state index in [4.69, 9.17) is 8.83 Å². The van der Waals surface area contributed by atoms with E-state index >= 15 is 0 Å². The van der Waals surface area contributed by atoms with Gasteiger partial charge in [-0.15, -0.1) is 0 Å². The van der Waals surface area contributed by atoms with Gasteiger partial charge in [-0.1, -0.05) is 176 Å². The Kier molecular flexibility index (Phi) is 8.66. The molecule has 12 aromatic carbocycles. The van der Waals surface area contributed by atoms with E-state index in [1.165, 1.54) is 37.9 Å². The van der Waals surface area contributed by atoms with Crippen LogP contribution in [0, 0.1) is 0 Å². The first kappa shape index (κ1) is 42.7. The third kappa shape index (κ3) is 5.85. The largest absolute Gasteiger partial charge is 0.454 e. The van der Waals surface area contributed by atoms with Crippen molar-refractivity contribution in [3.63, 3.8) is 0 Å². The summed E-state index contributed by atoms with van der Waals surface area (Å²) in [5, 5.41) is 9.15. The smallest absolute Gasteiger partial charge is 0.253 e. The van der Waals surface area contributed by atoms with Gasteiger partial charge in [-0.25, -0.2) is 0 Å². The van der Waals surface area contributed by atoms with Crippen LogP contribution in [0.15, 0.2) is 270 Å². The molecular weight excluding hydrogens is 964 g/mol. The summed E-state index contributed by atoms with van der Waals surface area (Å²) in [5.41, 5.74) is 22.3. The maximum absolute atomic E-state index is 7.11. The molecule has 6 heterocycles. The highest BCUT2D eigenvalue weighted by molar-refractivity contribution is 7.02. The lowest BCUT2D eigenvalue weighted by atomic mass is 9.33. The summed E-state index contributed by atoms with van der Waals surface area (Å²) in [6.07, 6.45) is 0. The minimum Gasteiger partial charge on any atom is -0.454 e. The average molecular weight is 1010 g/mol. The number of aromatic nitrogens is 2. The van der Waals surface area contributed by atoms with Crippen LogP contribution >= 0.6 is 0 Å². The van der Waals surface area contributed by atoms with Crippen molar-refractivity contribution in [3.8, 4) is 22.5 Å². The number of fused-ring (bicyclic) bond motifs is 17. The summed E-state index contributed by atoms with van der Waals surface area (Å²) in [7, 11) is 0. The molecule has 0 atom stereocenters. The summed E-state index contributed by atoms with van der Waals surface area (Å²) in [5.74, 6) is 0. The summed E-state index contributed by atoms with van der Waals surface area (Å²) < 4.78 is 19.1. The van der Waals surface area contributed by atoms with Gasteiger partial charge in [0.1, 0.15) is 11.2 Å². The predicted octanol–water partition coefficient (Wildman–Crippen LogP) is 17.4. The molecule has 0 amide bonds. The number of anilines is 6. The number of para-hydroxylation sites is 8. The third-order valence-electron chi connectivity index (χ3n) is 17.1. The second kappa shape index (κ2) is 16.0. The van der Waals surface area contributed by atoms with Gasteiger partial charge >= 0.3 is 0 Å². The van der Waals surface area contributed by atoms with Crippen molar-refractivity contribution in [2.24, 2.45) is 0 Å². The fraction of sp³-hybridized carbons (Fsp3) is 0. The normalized spacial score (nSPS) is 13.0. The van der Waals surface area contributed by atoms with E-state index in [0.717, 1.165) is 123 Å². The van der Waals surface area contributed by atoms with Gasteiger partial charge in [-0.05, 0) is 112 Å². The predicted molar refractivity (Wildman–Crippen MR) is 329 cm³/mol. The van der Waals surface area contributed by atoms with Crippen LogP contribution in [0.4, 0.5) is 34.1 Å². The molecule has 18 rings (SSSR count). The molecule has 79 heavy (non-hydrogen) atoms. The van der Waals surface area contributed by atoms with E-state index in [9.17, 15) is 0 Å². The van der Waals surface area contributed by atoms with Gasteiger partial charge in [0, 0.05) is 71.5 Å². The summed E-state index contributed by atoms with van der Waals surface area (Å²) >= 11 is 0. The second-order valence-electron chi connectivity index (χ2n) is 21.1. The SMILES string of the molecule is c1ccc(-c2ccc3c(c2)N(c2cccc4c2oc2ccccc24)c2cc(-n4c5ccccc5c5ccccc54)cc4c2B3c2c(ccc3c2c2ccccc2n3-c2ccccc2)N4c2cccc3c2oc2ccccc23)cc1. The fourth-order valence-corrected chi connectivity index (χ4v) is 13.9. The van der Waals surface area contributed by atoms with Crippen molar-refractivity contribution in [3.05, 3.63) is 261 Å². The molecule has 6 nitrogen and oxygen atoms in total. The zero-order chi connectivity index (χ0) is 51.4. The van der Waals surface area contributed by atoms with Crippen LogP contribution in [0.3, 0.4) is 0 Å². The first-order valence-corrected chi connectivity index (χ1v) is 27.1. The minimum absolute atomic E-state index is 0.233. The van der Waals surface area contributed by atoms with Gasteiger partial charge in [-0.3, -0.25) is 0 Å². The Labute approximate surface area is 453 Å². The molecule has 0 saturated carbocycles. The third-order valence-corrected chi connectivity index (χ3v) is 17.1. The molecule has 0 unspecified atom stereocenters. The Balaban J connectivity index is 1.05. The summed E-state index contributed by atoms with van der Waals surface area (Å²) in [6.45, 7) is -0.233. The number of rotatable bonds is 5. The Morgan fingerprint density at radius 3 is 1.39 bits per heavy atom. The van der Waals surface area contributed by atoms with E-state index in [0.29, 0.717) is 0 Å². The molecule has 0 spiro atoms. The van der Waals surface area contributed by atoms with Crippen LogP contribution in [0.5, 0.6) is 0 Å². The molecule has 0 saturated heterocycles. The zero-order valence-electron chi connectivity index (χ0n) is 42.5. The number of nitrogens with zero attached hydrogens (tertiary/aromatic N) is 4. The maximum Gasteiger partial charge on any atom is 0.253 e. The van der Waals surface area contributed by atoms with Gasteiger partial charge in [0.15, 0.2) is 11.2 Å². The van der Waals surface area contributed by atoms with Gasteiger partial charge in [0.2, 0.25) is 0 Å². The van der Waals surface area contributed by atoms with Crippen molar-refractivity contribution < 1.29 is 8.83 Å². The highest BCUT2D eigenvalue weighted by atomic mass is 16.3. The molecular formula is C72H43BN4O2. The van der Waals surface area contributed by atoms with Gasteiger partial charge in [0.05, 0.1) is 39.1 Å². The lowest BCUT2D eigenvalue weighted by Crippen LogP contribution is -2.61. The molecule has 366 valence electrons. The second-order valence-corrected chi connectivity index (χ2v) is 21.1. The Hall–Kier alpha value is -10.5. The van der Waals surface area contributed by atoms with Crippen LogP contribution in [0.2, 0.25) is 0 Å². The molecule has 4 aromatic heterocycles. The molecule has 2 aliphatic rings. The van der Waals surface area contributed by atoms with Crippen molar-refractivity contribution in [2.45, 2.75) is 0 Å². The van der Waals surface area contributed by atoms with Crippen molar-refractivity contribution >= 4 is 145 Å². The van der Waals surface area contributed by atoms with Crippen molar-refractivity contribution in [1.82, 2.24) is 9.13 Å². The lowest BCUT2D eigenvalue weighted by molar-refractivity contribution is 0.669. The quantitative estimate of drug-likeness (QED) is 0.161. The summed E-state index contributed by atoms with van der Waals surface area (Å²) in [4.78, 5) is 5.06. The van der Waals surface area contributed by atoms with Crippen LogP contribution < -0.4 is 26.2 Å². The first-order valence-electron chi connectivity index (χ1n) is 27.1. The fourth-order valence-electron chi connectivity index (χ4n) is 13.9. The van der Waals surface area contributed by atoms with Crippen LogP contribution in [-0.4, -0.2) is 15.8 Å². The van der Waals surface area contributed by atoms with Crippen molar-refractivity contribution in [2.75, 3.05) is 9.80 Å². The van der Waals surface area contributed by atoms with E-state index < -0.39 is 0 Å². The highest BCUT2D eigenvalue weighted by Gasteiger charge is 2.46. The summed E-state index contributed by atoms with van der Waals surface area (Å²) in [6, 6.07) is 95.2. The zero-order valence-corrected chi connectivity index (χ0v) is 42.5. The Morgan fingerprint density at radius 2 is 0.772 bits per heavy atom. The standard InChI is InChI=1S/C72H43BN4O2/c1-3-19-44(20-4-1)45-37-38-55-63(41-45)77(62-34-18-29-53-51-26-11-16-36-67(51)79-72(53)62)65-43-47(75-56-30-12-7-23-48(56)49-24-8-13-31-57(49)75)42-64-69(65)73(55)70-60(76(64)61-33-17-28-52-50-25-10-15-35-66(50)78-71(52)61)40-39-59-68(70)54-27-9-14-32-58(54)74(59)46-21-5-2-6-22-46/h1-43H. The van der Waals surface area contributed by atoms with Gasteiger partial charge in [-0.2, -0.15) is 0 Å². The number of benzene rings is 12.